The number of benzene rings is 1. The van der Waals surface area contributed by atoms with Gasteiger partial charge in [0.1, 0.15) is 17.2 Å². The number of imidazole rings is 1. The summed E-state index contributed by atoms with van der Waals surface area (Å²) in [4.78, 5) is 34.6. The molecule has 1 atom stereocenters. The molecule has 0 spiro atoms. The molecule has 2 aliphatic carbocycles. The lowest BCUT2D eigenvalue weighted by Crippen LogP contribution is -2.41. The molecule has 0 aliphatic heterocycles. The monoisotopic (exact) mass is 463 g/mol. The lowest BCUT2D eigenvalue weighted by molar-refractivity contribution is 0.527. The molecule has 0 radical (unpaired) electrons. The number of allylic oxidation sites excluding steroid dienone is 4. The van der Waals surface area contributed by atoms with Gasteiger partial charge in [0.15, 0.2) is 5.65 Å². The first-order chi connectivity index (χ1) is 16.4. The van der Waals surface area contributed by atoms with Crippen molar-refractivity contribution >= 4 is 16.9 Å². The third-order valence-corrected chi connectivity index (χ3v) is 6.58. The van der Waals surface area contributed by atoms with Crippen LogP contribution >= 0.6 is 0 Å². The number of aromatic nitrogens is 4. The maximum absolute atomic E-state index is 14.5. The van der Waals surface area contributed by atoms with Crippen molar-refractivity contribution in [3.63, 3.8) is 0 Å². The number of nitrogens with zero attached hydrogens (tertiary/aromatic N) is 3. The summed E-state index contributed by atoms with van der Waals surface area (Å²) in [6.07, 6.45) is 6.37. The fourth-order valence-corrected chi connectivity index (χ4v) is 4.55. The summed E-state index contributed by atoms with van der Waals surface area (Å²) in [5.74, 6) is 0.855. The second-order valence-corrected chi connectivity index (χ2v) is 9.51. The highest BCUT2D eigenvalue weighted by Gasteiger charge is 2.26. The quantitative estimate of drug-likeness (QED) is 0.526. The molecule has 178 valence electrons. The normalized spacial score (nSPS) is 18.1. The first-order valence-corrected chi connectivity index (χ1v) is 12.0. The second-order valence-electron chi connectivity index (χ2n) is 9.51. The fraction of sp³-hybridized carbons (Fsp3) is 0.423. The van der Waals surface area contributed by atoms with Gasteiger partial charge in [0.05, 0.1) is 6.54 Å². The highest BCUT2D eigenvalue weighted by molar-refractivity contribution is 5.70. The van der Waals surface area contributed by atoms with Crippen LogP contribution in [0.4, 0.5) is 10.1 Å². The summed E-state index contributed by atoms with van der Waals surface area (Å²) in [5, 5.41) is 3.27. The fourth-order valence-electron chi connectivity index (χ4n) is 4.55. The highest BCUT2D eigenvalue weighted by Crippen LogP contribution is 2.31. The molecule has 8 heteroatoms. The Morgan fingerprint density at radius 2 is 1.94 bits per heavy atom. The molecule has 2 aromatic heterocycles. The van der Waals surface area contributed by atoms with Gasteiger partial charge < -0.3 is 10.3 Å². The van der Waals surface area contributed by atoms with Gasteiger partial charge in [0, 0.05) is 25.2 Å². The Kier molecular flexibility index (Phi) is 5.98. The van der Waals surface area contributed by atoms with Gasteiger partial charge in [-0.15, -0.1) is 0 Å². The average Bonchev–Trinajstić information content (AvgIpc) is 3.55. The van der Waals surface area contributed by atoms with Crippen molar-refractivity contribution in [2.45, 2.75) is 52.6 Å². The van der Waals surface area contributed by atoms with Gasteiger partial charge in [0.25, 0.3) is 5.56 Å². The number of hydrogen-bond donors (Lipinski definition) is 2. The molecule has 0 bridgehead atoms. The molecule has 3 aromatic rings. The van der Waals surface area contributed by atoms with E-state index in [1.165, 1.54) is 10.6 Å². The van der Waals surface area contributed by atoms with Gasteiger partial charge >= 0.3 is 5.69 Å². The van der Waals surface area contributed by atoms with Crippen LogP contribution in [0.5, 0.6) is 0 Å². The van der Waals surface area contributed by atoms with Crippen LogP contribution in [0.15, 0.2) is 57.4 Å². The molecule has 2 heterocycles. The Labute approximate surface area is 197 Å². The lowest BCUT2D eigenvalue weighted by Gasteiger charge is -2.17. The number of halogens is 1. The summed E-state index contributed by atoms with van der Waals surface area (Å²) in [6.45, 7) is 5.37. The number of anilines is 1. The van der Waals surface area contributed by atoms with Crippen molar-refractivity contribution in [3.8, 4) is 0 Å². The van der Waals surface area contributed by atoms with E-state index in [-0.39, 0.29) is 18.3 Å². The summed E-state index contributed by atoms with van der Waals surface area (Å²) >= 11 is 0. The maximum Gasteiger partial charge on any atom is 0.333 e. The predicted octanol–water partition coefficient (Wildman–Crippen LogP) is 4.14. The Hall–Kier alpha value is -3.42. The van der Waals surface area contributed by atoms with E-state index < -0.39 is 11.2 Å². The van der Waals surface area contributed by atoms with E-state index >= 15 is 0 Å². The Morgan fingerprint density at radius 3 is 2.65 bits per heavy atom. The predicted molar refractivity (Wildman–Crippen MR) is 132 cm³/mol. The number of H-pyrrole nitrogens is 1. The van der Waals surface area contributed by atoms with Crippen LogP contribution in [0.3, 0.4) is 0 Å². The summed E-state index contributed by atoms with van der Waals surface area (Å²) in [6, 6.07) is 8.07. The van der Waals surface area contributed by atoms with Gasteiger partial charge in [-0.05, 0) is 67.4 Å². The molecular formula is C26H30FN5O2. The molecule has 0 saturated heterocycles. The Morgan fingerprint density at radius 1 is 1.18 bits per heavy atom. The van der Waals surface area contributed by atoms with E-state index in [1.54, 1.807) is 4.57 Å². The summed E-state index contributed by atoms with van der Waals surface area (Å²) in [5.41, 5.74) is 2.41. The number of hydrogen-bond acceptors (Lipinski definition) is 4. The average molecular weight is 464 g/mol. The van der Waals surface area contributed by atoms with Crippen LogP contribution in [0.25, 0.3) is 11.2 Å². The van der Waals surface area contributed by atoms with Gasteiger partial charge in [-0.2, -0.15) is 0 Å². The summed E-state index contributed by atoms with van der Waals surface area (Å²) in [7, 11) is 0. The van der Waals surface area contributed by atoms with E-state index in [9.17, 15) is 14.0 Å². The zero-order valence-electron chi connectivity index (χ0n) is 19.6. The largest absolute Gasteiger partial charge is 0.385 e. The van der Waals surface area contributed by atoms with Crippen molar-refractivity contribution in [1.29, 1.82) is 0 Å². The first kappa shape index (κ1) is 22.4. The van der Waals surface area contributed by atoms with E-state index in [2.05, 4.69) is 15.3 Å². The highest BCUT2D eigenvalue weighted by atomic mass is 19.1. The van der Waals surface area contributed by atoms with Crippen molar-refractivity contribution in [2.24, 2.45) is 11.8 Å². The van der Waals surface area contributed by atoms with E-state index in [1.807, 2.05) is 44.2 Å². The maximum atomic E-state index is 14.5. The molecule has 0 amide bonds. The molecule has 7 nitrogen and oxygen atoms in total. The zero-order chi connectivity index (χ0) is 23.8. The van der Waals surface area contributed by atoms with Crippen molar-refractivity contribution in [1.82, 2.24) is 19.1 Å². The molecule has 2 N–H and O–H groups in total. The van der Waals surface area contributed by atoms with Gasteiger partial charge in [-0.1, -0.05) is 25.1 Å². The van der Waals surface area contributed by atoms with Gasteiger partial charge in [0.2, 0.25) is 0 Å². The standard InChI is InChI=1S/C26H30FN5O2/c1-3-28-20-9-7-17(8-10-20)13-22-29-23-24(30-22)31(14-18-5-6-18)26(34)32(25(23)33)15-19-12-16(2)4-11-21(19)27/h4,7-11,16,18,28H,3,5-6,12-15H2,1-2H3,(H,29,30). The van der Waals surface area contributed by atoms with E-state index in [4.69, 9.17) is 0 Å². The lowest BCUT2D eigenvalue weighted by atomic mass is 9.95. The number of rotatable bonds is 8. The van der Waals surface area contributed by atoms with Crippen LogP contribution in [0, 0.1) is 11.8 Å². The SMILES string of the molecule is CCNc1ccc(Cc2nc3c([nH]2)c(=O)n(CC2=C(F)C=CC(C)C2)c(=O)n3CC2CC2)cc1. The molecular weight excluding hydrogens is 433 g/mol. The molecule has 1 aromatic carbocycles. The molecule has 2 aliphatic rings. The number of aromatic amines is 1. The number of nitrogens with one attached hydrogen (secondary N) is 2. The minimum absolute atomic E-state index is 0.0426. The smallest absolute Gasteiger partial charge is 0.333 e. The summed E-state index contributed by atoms with van der Waals surface area (Å²) < 4.78 is 17.2. The third kappa shape index (κ3) is 4.49. The Bertz CT molecular complexity index is 1390. The van der Waals surface area contributed by atoms with E-state index in [0.29, 0.717) is 47.9 Å². The molecule has 1 fully saturated rings. The van der Waals surface area contributed by atoms with Crippen molar-refractivity contribution < 1.29 is 4.39 Å². The van der Waals surface area contributed by atoms with Crippen molar-refractivity contribution in [3.05, 3.63) is 80.0 Å². The molecule has 1 unspecified atom stereocenters. The number of fused-ring (bicyclic) bond motifs is 1. The molecule has 5 rings (SSSR count). The van der Waals surface area contributed by atoms with Crippen LogP contribution in [0.1, 0.15) is 44.5 Å². The molecule has 1 saturated carbocycles. The third-order valence-electron chi connectivity index (χ3n) is 6.58. The van der Waals surface area contributed by atoms with Crippen molar-refractivity contribution in [2.75, 3.05) is 11.9 Å². The van der Waals surface area contributed by atoms with Gasteiger partial charge in [-0.3, -0.25) is 13.9 Å². The van der Waals surface area contributed by atoms with Crippen LogP contribution in [-0.4, -0.2) is 25.6 Å². The van der Waals surface area contributed by atoms with Crippen LogP contribution in [0.2, 0.25) is 0 Å². The Balaban J connectivity index is 1.54. The van der Waals surface area contributed by atoms with Gasteiger partial charge in [-0.25, -0.2) is 14.2 Å². The topological polar surface area (TPSA) is 84.7 Å². The first-order valence-electron chi connectivity index (χ1n) is 12.0. The van der Waals surface area contributed by atoms with Crippen LogP contribution in [-0.2, 0) is 19.5 Å². The molecule has 34 heavy (non-hydrogen) atoms. The zero-order valence-corrected chi connectivity index (χ0v) is 19.6. The van der Waals surface area contributed by atoms with Crippen LogP contribution < -0.4 is 16.6 Å². The second kappa shape index (κ2) is 9.08. The minimum atomic E-state index is -0.448. The van der Waals surface area contributed by atoms with E-state index in [0.717, 1.165) is 30.6 Å². The minimum Gasteiger partial charge on any atom is -0.385 e.